The van der Waals surface area contributed by atoms with E-state index in [1.54, 1.807) is 36.4 Å². The highest BCUT2D eigenvalue weighted by Gasteiger charge is 2.18. The second-order valence-electron chi connectivity index (χ2n) is 8.09. The molecule has 0 saturated carbocycles. The summed E-state index contributed by atoms with van der Waals surface area (Å²) in [6, 6.07) is 15.7. The summed E-state index contributed by atoms with van der Waals surface area (Å²) in [7, 11) is 1.42. The van der Waals surface area contributed by atoms with Crippen LogP contribution in [0.25, 0.3) is 6.08 Å². The molecule has 11 heteroatoms. The number of halogens is 3. The highest BCUT2D eigenvalue weighted by Crippen LogP contribution is 2.39. The summed E-state index contributed by atoms with van der Waals surface area (Å²) in [6.45, 7) is 5.88. The lowest BCUT2D eigenvalue weighted by atomic mass is 10.1. The molecule has 3 aromatic carbocycles. The number of phenols is 1. The Hall–Kier alpha value is -3.34. The van der Waals surface area contributed by atoms with Gasteiger partial charge >= 0.3 is 0 Å². The fourth-order valence-electron chi connectivity index (χ4n) is 3.63. The molecule has 0 heterocycles. The first-order valence-corrected chi connectivity index (χ1v) is 13.9. The van der Waals surface area contributed by atoms with Gasteiger partial charge in [-0.05, 0) is 87.7 Å². The normalized spacial score (nSPS) is 11.4. The third kappa shape index (κ3) is 7.62. The Labute approximate surface area is 248 Å². The van der Waals surface area contributed by atoms with Crippen molar-refractivity contribution in [1.29, 1.82) is 0 Å². The van der Waals surface area contributed by atoms with Gasteiger partial charge in [0, 0.05) is 27.7 Å². The number of aromatic hydroxyl groups is 1. The van der Waals surface area contributed by atoms with Crippen molar-refractivity contribution < 1.29 is 19.4 Å². The summed E-state index contributed by atoms with van der Waals surface area (Å²) in [5, 5.41) is 17.3. The van der Waals surface area contributed by atoms with Gasteiger partial charge in [-0.3, -0.25) is 9.59 Å². The number of carbonyl (C=O) groups is 2. The number of nitrogens with zero attached hydrogens (tertiary/aromatic N) is 2. The van der Waals surface area contributed by atoms with E-state index < -0.39 is 11.8 Å². The fraction of sp³-hybridized carbons (Fsp3) is 0.179. The van der Waals surface area contributed by atoms with Gasteiger partial charge in [0.15, 0.2) is 11.5 Å². The number of amides is 2. The van der Waals surface area contributed by atoms with Crippen LogP contribution in [0.5, 0.6) is 11.5 Å². The first kappa shape index (κ1) is 30.2. The van der Waals surface area contributed by atoms with Crippen molar-refractivity contribution in [3.8, 4) is 11.5 Å². The molecule has 0 bridgehead atoms. The van der Waals surface area contributed by atoms with E-state index in [2.05, 4.69) is 66.5 Å². The van der Waals surface area contributed by atoms with E-state index in [4.69, 9.17) is 16.3 Å². The van der Waals surface area contributed by atoms with Gasteiger partial charge in [-0.1, -0.05) is 35.9 Å². The van der Waals surface area contributed by atoms with Gasteiger partial charge < -0.3 is 20.1 Å². The zero-order chi connectivity index (χ0) is 28.5. The molecular weight excluding hydrogens is 652 g/mol. The van der Waals surface area contributed by atoms with Crippen molar-refractivity contribution in [2.75, 3.05) is 25.1 Å². The number of hydrazone groups is 1. The minimum Gasteiger partial charge on any atom is -0.504 e. The maximum absolute atomic E-state index is 13.2. The molecule has 0 saturated heterocycles. The molecule has 0 aliphatic heterocycles. The fourth-order valence-corrected chi connectivity index (χ4v) is 4.68. The van der Waals surface area contributed by atoms with Gasteiger partial charge in [-0.15, -0.1) is 0 Å². The quantitative estimate of drug-likeness (QED) is 0.132. The molecule has 0 aromatic heterocycles. The molecule has 3 N–H and O–H groups in total. The number of hydrogen-bond donors (Lipinski definition) is 3. The Kier molecular flexibility index (Phi) is 11.0. The molecule has 0 atom stereocenters. The smallest absolute Gasteiger partial charge is 0.287 e. The van der Waals surface area contributed by atoms with Crippen LogP contribution in [0.3, 0.4) is 0 Å². The van der Waals surface area contributed by atoms with E-state index in [9.17, 15) is 14.7 Å². The zero-order valence-corrected chi connectivity index (χ0v) is 25.4. The number of benzene rings is 3. The molecule has 0 fully saturated rings. The SMILES string of the molecule is CCN(CC)c1ccc(C=C(NC(=O)c2ccccc2Cl)C(=O)N/N=C/c2c(O)c(OC)cc(Br)c2Br)cc1. The summed E-state index contributed by atoms with van der Waals surface area (Å²) in [4.78, 5) is 28.3. The Bertz CT molecular complexity index is 1410. The molecule has 3 aromatic rings. The van der Waals surface area contributed by atoms with Crippen molar-refractivity contribution in [3.63, 3.8) is 0 Å². The lowest BCUT2D eigenvalue weighted by molar-refractivity contribution is -0.117. The van der Waals surface area contributed by atoms with Gasteiger partial charge in [0.2, 0.25) is 0 Å². The largest absolute Gasteiger partial charge is 0.504 e. The minimum absolute atomic E-state index is 0.0530. The molecule has 0 unspecified atom stereocenters. The van der Waals surface area contributed by atoms with Crippen molar-refractivity contribution in [3.05, 3.63) is 91.0 Å². The topological polar surface area (TPSA) is 103 Å². The number of carbonyl (C=O) groups excluding carboxylic acids is 2. The number of hydrogen-bond acceptors (Lipinski definition) is 6. The zero-order valence-electron chi connectivity index (χ0n) is 21.5. The first-order chi connectivity index (χ1) is 18.7. The van der Waals surface area contributed by atoms with Gasteiger partial charge in [-0.2, -0.15) is 5.10 Å². The highest BCUT2D eigenvalue weighted by atomic mass is 79.9. The van der Waals surface area contributed by atoms with Crippen LogP contribution in [-0.2, 0) is 4.79 Å². The molecule has 0 aliphatic rings. The van der Waals surface area contributed by atoms with Crippen LogP contribution in [0.4, 0.5) is 5.69 Å². The van der Waals surface area contributed by atoms with E-state index in [0.717, 1.165) is 18.8 Å². The van der Waals surface area contributed by atoms with Crippen molar-refractivity contribution in [2.45, 2.75) is 13.8 Å². The van der Waals surface area contributed by atoms with Crippen LogP contribution < -0.4 is 20.4 Å². The molecule has 39 heavy (non-hydrogen) atoms. The van der Waals surface area contributed by atoms with Crippen molar-refractivity contribution >= 4 is 73.3 Å². The number of phenolic OH excluding ortho intramolecular Hbond substituents is 1. The number of rotatable bonds is 10. The number of anilines is 1. The molecule has 0 aliphatic carbocycles. The van der Waals surface area contributed by atoms with Crippen molar-refractivity contribution in [2.24, 2.45) is 5.10 Å². The van der Waals surface area contributed by atoms with Gasteiger partial charge in [-0.25, -0.2) is 5.43 Å². The van der Waals surface area contributed by atoms with E-state index in [0.29, 0.717) is 14.5 Å². The van der Waals surface area contributed by atoms with Gasteiger partial charge in [0.05, 0.1) is 29.5 Å². The molecule has 8 nitrogen and oxygen atoms in total. The predicted molar refractivity (Wildman–Crippen MR) is 163 cm³/mol. The maximum atomic E-state index is 13.2. The molecule has 2 amide bonds. The lowest BCUT2D eigenvalue weighted by Crippen LogP contribution is -2.33. The molecule has 3 rings (SSSR count). The highest BCUT2D eigenvalue weighted by molar-refractivity contribution is 9.13. The molecular formula is C28H27Br2ClN4O4. The Morgan fingerprint density at radius 2 is 1.77 bits per heavy atom. The average Bonchev–Trinajstić information content (AvgIpc) is 2.93. The monoisotopic (exact) mass is 676 g/mol. The summed E-state index contributed by atoms with van der Waals surface area (Å²) < 4.78 is 6.29. The number of ether oxygens (including phenoxy) is 1. The third-order valence-corrected chi connectivity index (χ3v) is 8.06. The Balaban J connectivity index is 1.91. The molecule has 0 radical (unpaired) electrons. The van der Waals surface area contributed by atoms with Gasteiger partial charge in [0.25, 0.3) is 11.8 Å². The Morgan fingerprint density at radius 3 is 2.38 bits per heavy atom. The second-order valence-corrected chi connectivity index (χ2v) is 10.1. The lowest BCUT2D eigenvalue weighted by Gasteiger charge is -2.21. The van der Waals surface area contributed by atoms with Gasteiger partial charge in [0.1, 0.15) is 5.70 Å². The molecule has 0 spiro atoms. The van der Waals surface area contributed by atoms with Crippen LogP contribution in [-0.4, -0.2) is 43.3 Å². The van der Waals surface area contributed by atoms with E-state index in [-0.39, 0.29) is 33.3 Å². The summed E-state index contributed by atoms with van der Waals surface area (Å²) in [5.74, 6) is -1.18. The summed E-state index contributed by atoms with van der Waals surface area (Å²) in [5.41, 5.74) is 4.58. The number of methoxy groups -OCH3 is 1. The van der Waals surface area contributed by atoms with Crippen molar-refractivity contribution in [1.82, 2.24) is 10.7 Å². The minimum atomic E-state index is -0.683. The first-order valence-electron chi connectivity index (χ1n) is 11.9. The second kappa shape index (κ2) is 14.2. The van der Waals surface area contributed by atoms with Crippen LogP contribution in [0.1, 0.15) is 35.3 Å². The Morgan fingerprint density at radius 1 is 1.10 bits per heavy atom. The molecule has 204 valence electrons. The maximum Gasteiger partial charge on any atom is 0.287 e. The number of nitrogens with one attached hydrogen (secondary N) is 2. The standard InChI is InChI=1S/C28H27Br2ClN4O4/c1-4-35(5-2)18-12-10-17(11-13-18)14-23(33-27(37)19-8-6-7-9-22(19)31)28(38)34-32-16-20-25(30)21(29)15-24(39-3)26(20)36/h6-16,36H,4-5H2,1-3H3,(H,33,37)(H,34,38)/b23-14?,32-16+. The van der Waals surface area contributed by atoms with E-state index in [1.807, 2.05) is 24.3 Å². The third-order valence-electron chi connectivity index (χ3n) is 5.72. The van der Waals surface area contributed by atoms with Crippen LogP contribution >= 0.6 is 43.5 Å². The van der Waals surface area contributed by atoms with Crippen LogP contribution in [0, 0.1) is 0 Å². The average molecular weight is 679 g/mol. The predicted octanol–water partition coefficient (Wildman–Crippen LogP) is 6.35. The van der Waals surface area contributed by atoms with E-state index in [1.165, 1.54) is 13.3 Å². The van der Waals surface area contributed by atoms with Crippen LogP contribution in [0.15, 0.2) is 74.3 Å². The summed E-state index contributed by atoms with van der Waals surface area (Å²) in [6.07, 6.45) is 2.80. The van der Waals surface area contributed by atoms with E-state index >= 15 is 0 Å². The summed E-state index contributed by atoms with van der Waals surface area (Å²) >= 11 is 12.9. The van der Waals surface area contributed by atoms with Crippen LogP contribution in [0.2, 0.25) is 5.02 Å².